The lowest BCUT2D eigenvalue weighted by molar-refractivity contribution is -0.113. The van der Waals surface area contributed by atoms with Gasteiger partial charge in [-0.15, -0.1) is 0 Å². The molecule has 3 rings (SSSR count). The maximum absolute atomic E-state index is 12.4. The van der Waals surface area contributed by atoms with E-state index >= 15 is 0 Å². The molecule has 0 aliphatic heterocycles. The normalized spacial score (nSPS) is 12.0. The quantitative estimate of drug-likeness (QED) is 0.695. The summed E-state index contributed by atoms with van der Waals surface area (Å²) < 4.78 is 18.1. The molecule has 27 heavy (non-hydrogen) atoms. The Labute approximate surface area is 161 Å². The lowest BCUT2D eigenvalue weighted by atomic mass is 10.1. The molecule has 6 heteroatoms. The average molecular weight is 382 g/mol. The molecule has 0 spiro atoms. The predicted octanol–water partition coefficient (Wildman–Crippen LogP) is 4.15. The second-order valence-corrected chi connectivity index (χ2v) is 7.99. The molecule has 1 amide bonds. The Kier molecular flexibility index (Phi) is 5.86. The van der Waals surface area contributed by atoms with E-state index in [9.17, 15) is 9.00 Å². The van der Waals surface area contributed by atoms with Crippen LogP contribution in [-0.2, 0) is 21.3 Å². The summed E-state index contributed by atoms with van der Waals surface area (Å²) in [6.07, 6.45) is 0. The zero-order valence-corrected chi connectivity index (χ0v) is 16.4. The van der Waals surface area contributed by atoms with Crippen molar-refractivity contribution in [1.82, 2.24) is 4.98 Å². The third-order valence-corrected chi connectivity index (χ3v) is 5.30. The Bertz CT molecular complexity index is 960. The summed E-state index contributed by atoms with van der Waals surface area (Å²) in [5.41, 5.74) is 4.46. The Hall–Kier alpha value is -2.73. The number of amides is 1. The molecule has 0 fully saturated rings. The molecule has 140 valence electrons. The van der Waals surface area contributed by atoms with Gasteiger partial charge in [0.15, 0.2) is 0 Å². The molecule has 0 saturated heterocycles. The van der Waals surface area contributed by atoms with Crippen LogP contribution >= 0.6 is 0 Å². The van der Waals surface area contributed by atoms with Crippen molar-refractivity contribution >= 4 is 22.4 Å². The van der Waals surface area contributed by atoms with Crippen molar-refractivity contribution in [2.75, 3.05) is 11.1 Å². The summed E-state index contributed by atoms with van der Waals surface area (Å²) in [7, 11) is -1.37. The zero-order chi connectivity index (χ0) is 19.4. The van der Waals surface area contributed by atoms with Crippen molar-refractivity contribution in [3.63, 3.8) is 0 Å². The lowest BCUT2D eigenvalue weighted by Crippen LogP contribution is -2.20. The van der Waals surface area contributed by atoms with Crippen molar-refractivity contribution in [1.29, 1.82) is 0 Å². The van der Waals surface area contributed by atoms with Gasteiger partial charge in [-0.1, -0.05) is 35.4 Å². The minimum Gasteiger partial charge on any atom is -0.441 e. The zero-order valence-electron chi connectivity index (χ0n) is 15.6. The number of hydrogen-bond acceptors (Lipinski definition) is 4. The van der Waals surface area contributed by atoms with Crippen LogP contribution in [0.15, 0.2) is 52.9 Å². The lowest BCUT2D eigenvalue weighted by Gasteiger charge is -2.05. The van der Waals surface area contributed by atoms with E-state index in [4.69, 9.17) is 4.42 Å². The summed E-state index contributed by atoms with van der Waals surface area (Å²) >= 11 is 0. The van der Waals surface area contributed by atoms with E-state index in [0.717, 1.165) is 16.7 Å². The highest BCUT2D eigenvalue weighted by Crippen LogP contribution is 2.23. The molecule has 0 unspecified atom stereocenters. The molecule has 0 radical (unpaired) electrons. The largest absolute Gasteiger partial charge is 0.441 e. The molecule has 0 bridgehead atoms. The number of anilines is 1. The first-order valence-corrected chi connectivity index (χ1v) is 10.1. The highest BCUT2D eigenvalue weighted by Gasteiger charge is 2.16. The third-order valence-electron chi connectivity index (χ3n) is 4.12. The number of carbonyl (C=O) groups excluding carboxylic acids is 1. The van der Waals surface area contributed by atoms with Crippen LogP contribution in [0, 0.1) is 20.8 Å². The molecule has 0 saturated carbocycles. The number of carbonyl (C=O) groups is 1. The fraction of sp³-hybridized carbons (Fsp3) is 0.238. The number of benzene rings is 2. The number of nitrogens with zero attached hydrogens (tertiary/aromatic N) is 1. The highest BCUT2D eigenvalue weighted by atomic mass is 32.2. The van der Waals surface area contributed by atoms with Gasteiger partial charge in [-0.05, 0) is 45.0 Å². The van der Waals surface area contributed by atoms with Crippen molar-refractivity contribution in [2.24, 2.45) is 0 Å². The molecule has 1 heterocycles. The molecule has 5 nitrogen and oxygen atoms in total. The highest BCUT2D eigenvalue weighted by molar-refractivity contribution is 7.84. The van der Waals surface area contributed by atoms with Gasteiger partial charge in [0.05, 0.1) is 11.4 Å². The fourth-order valence-electron chi connectivity index (χ4n) is 2.57. The van der Waals surface area contributed by atoms with Crippen LogP contribution in [0.5, 0.6) is 0 Å². The first kappa shape index (κ1) is 19.0. The van der Waals surface area contributed by atoms with Gasteiger partial charge in [-0.2, -0.15) is 0 Å². The standard InChI is InChI=1S/C21H22N2O3S/c1-14-4-8-17(9-5-14)21-23-19(16(3)26-21)12-27(25)13-20(24)22-18-10-6-15(2)7-11-18/h4-11H,12-13H2,1-3H3,(H,22,24)/t27-/m1/s1. The van der Waals surface area contributed by atoms with Crippen molar-refractivity contribution in [3.05, 3.63) is 71.1 Å². The van der Waals surface area contributed by atoms with Gasteiger partial charge < -0.3 is 9.73 Å². The minimum absolute atomic E-state index is 0.0833. The molecule has 1 N–H and O–H groups in total. The maximum atomic E-state index is 12.4. The molecule has 2 aromatic carbocycles. The topological polar surface area (TPSA) is 72.2 Å². The second-order valence-electron chi connectivity index (χ2n) is 6.53. The number of nitrogens with one attached hydrogen (secondary N) is 1. The SMILES string of the molecule is Cc1ccc(NC(=O)C[S@](=O)Cc2nc(-c3ccc(C)cc3)oc2C)cc1. The smallest absolute Gasteiger partial charge is 0.237 e. The number of aromatic nitrogens is 1. The molecule has 0 aliphatic rings. The van der Waals surface area contributed by atoms with Crippen LogP contribution in [0.1, 0.15) is 22.6 Å². The summed E-state index contributed by atoms with van der Waals surface area (Å²) in [6.45, 7) is 5.79. The summed E-state index contributed by atoms with van der Waals surface area (Å²) in [6, 6.07) is 15.3. The van der Waals surface area contributed by atoms with Gasteiger partial charge in [0.1, 0.15) is 11.5 Å². The van der Waals surface area contributed by atoms with E-state index in [1.807, 2.05) is 62.4 Å². The Morgan fingerprint density at radius 1 is 1.00 bits per heavy atom. The molecular formula is C21H22N2O3S. The average Bonchev–Trinajstić information content (AvgIpc) is 2.98. The predicted molar refractivity (Wildman–Crippen MR) is 108 cm³/mol. The maximum Gasteiger partial charge on any atom is 0.237 e. The fourth-order valence-corrected chi connectivity index (χ4v) is 3.60. The number of oxazole rings is 1. The minimum atomic E-state index is -1.37. The third kappa shape index (κ3) is 5.14. The van der Waals surface area contributed by atoms with E-state index < -0.39 is 10.8 Å². The van der Waals surface area contributed by atoms with E-state index in [-0.39, 0.29) is 17.4 Å². The molecule has 0 aliphatic carbocycles. The summed E-state index contributed by atoms with van der Waals surface area (Å²) in [4.78, 5) is 16.6. The van der Waals surface area contributed by atoms with E-state index in [1.165, 1.54) is 0 Å². The van der Waals surface area contributed by atoms with E-state index in [2.05, 4.69) is 10.3 Å². The van der Waals surface area contributed by atoms with Crippen LogP contribution in [0.3, 0.4) is 0 Å². The Balaban J connectivity index is 1.61. The summed E-state index contributed by atoms with van der Waals surface area (Å²) in [5.74, 6) is 0.946. The van der Waals surface area contributed by atoms with Crippen LogP contribution in [-0.4, -0.2) is 20.9 Å². The van der Waals surface area contributed by atoms with Crippen LogP contribution < -0.4 is 5.32 Å². The monoisotopic (exact) mass is 382 g/mol. The number of rotatable bonds is 6. The molecule has 1 atom stereocenters. The number of hydrogen-bond donors (Lipinski definition) is 1. The molecule has 1 aromatic heterocycles. The van der Waals surface area contributed by atoms with Gasteiger partial charge in [-0.25, -0.2) is 4.98 Å². The van der Waals surface area contributed by atoms with Crippen LogP contribution in [0.2, 0.25) is 0 Å². The second kappa shape index (κ2) is 8.31. The van der Waals surface area contributed by atoms with E-state index in [1.54, 1.807) is 6.92 Å². The van der Waals surface area contributed by atoms with Crippen LogP contribution in [0.4, 0.5) is 5.69 Å². The Morgan fingerprint density at radius 3 is 2.22 bits per heavy atom. The van der Waals surface area contributed by atoms with Gasteiger partial charge in [0, 0.05) is 22.1 Å². The van der Waals surface area contributed by atoms with Gasteiger partial charge in [0.25, 0.3) is 0 Å². The van der Waals surface area contributed by atoms with E-state index in [0.29, 0.717) is 23.0 Å². The first-order valence-electron chi connectivity index (χ1n) is 8.65. The van der Waals surface area contributed by atoms with Crippen LogP contribution in [0.25, 0.3) is 11.5 Å². The first-order chi connectivity index (χ1) is 12.9. The van der Waals surface area contributed by atoms with Gasteiger partial charge in [0.2, 0.25) is 11.8 Å². The molecular weight excluding hydrogens is 360 g/mol. The molecule has 3 aromatic rings. The van der Waals surface area contributed by atoms with Gasteiger partial charge in [-0.3, -0.25) is 9.00 Å². The van der Waals surface area contributed by atoms with Crippen molar-refractivity contribution < 1.29 is 13.4 Å². The Morgan fingerprint density at radius 2 is 1.59 bits per heavy atom. The van der Waals surface area contributed by atoms with Crippen molar-refractivity contribution in [3.8, 4) is 11.5 Å². The summed E-state index contributed by atoms with van der Waals surface area (Å²) in [5, 5.41) is 2.76. The number of aryl methyl sites for hydroxylation is 3. The van der Waals surface area contributed by atoms with Gasteiger partial charge >= 0.3 is 0 Å². The van der Waals surface area contributed by atoms with Crippen molar-refractivity contribution in [2.45, 2.75) is 26.5 Å².